The third-order valence-corrected chi connectivity index (χ3v) is 5.28. The van der Waals surface area contributed by atoms with E-state index in [2.05, 4.69) is 25.6 Å². The van der Waals surface area contributed by atoms with Crippen molar-refractivity contribution in [1.82, 2.24) is 15.0 Å². The first kappa shape index (κ1) is 21.7. The van der Waals surface area contributed by atoms with Gasteiger partial charge >= 0.3 is 0 Å². The number of alkyl halides is 2. The van der Waals surface area contributed by atoms with Crippen molar-refractivity contribution >= 4 is 46.4 Å². The Morgan fingerprint density at radius 1 is 1.00 bits per heavy atom. The maximum absolute atomic E-state index is 12.6. The first-order chi connectivity index (χ1) is 15.5. The zero-order valence-corrected chi connectivity index (χ0v) is 18.6. The SMILES string of the molecule is Cc1ccc(NC(=O)c2ccc(C(Cl)Cl)cc2)cc1Nc1nccc(-c2cccnc2)n1. The average molecular weight is 464 g/mol. The molecule has 0 radical (unpaired) electrons. The highest BCUT2D eigenvalue weighted by Crippen LogP contribution is 2.26. The molecule has 2 N–H and O–H groups in total. The second kappa shape index (κ2) is 9.77. The smallest absolute Gasteiger partial charge is 0.255 e. The fourth-order valence-electron chi connectivity index (χ4n) is 3.03. The molecule has 0 fully saturated rings. The molecule has 0 aliphatic rings. The van der Waals surface area contributed by atoms with Gasteiger partial charge < -0.3 is 10.6 Å². The number of aryl methyl sites for hydroxylation is 1. The molecule has 0 aliphatic carbocycles. The highest BCUT2D eigenvalue weighted by molar-refractivity contribution is 6.44. The quantitative estimate of drug-likeness (QED) is 0.327. The van der Waals surface area contributed by atoms with E-state index in [0.29, 0.717) is 17.2 Å². The highest BCUT2D eigenvalue weighted by Gasteiger charge is 2.10. The minimum atomic E-state index is -0.628. The summed E-state index contributed by atoms with van der Waals surface area (Å²) in [6, 6.07) is 18.1. The third kappa shape index (κ3) is 5.22. The van der Waals surface area contributed by atoms with E-state index >= 15 is 0 Å². The van der Waals surface area contributed by atoms with Gasteiger partial charge in [-0.25, -0.2) is 9.97 Å². The van der Waals surface area contributed by atoms with Gasteiger partial charge in [0.25, 0.3) is 5.91 Å². The van der Waals surface area contributed by atoms with Crippen LogP contribution in [0, 0.1) is 6.92 Å². The van der Waals surface area contributed by atoms with Crippen molar-refractivity contribution in [2.24, 2.45) is 0 Å². The van der Waals surface area contributed by atoms with Crippen molar-refractivity contribution in [1.29, 1.82) is 0 Å². The summed E-state index contributed by atoms with van der Waals surface area (Å²) >= 11 is 11.7. The molecule has 0 atom stereocenters. The van der Waals surface area contributed by atoms with Gasteiger partial charge in [-0.05, 0) is 60.5 Å². The lowest BCUT2D eigenvalue weighted by molar-refractivity contribution is 0.102. The number of amides is 1. The van der Waals surface area contributed by atoms with Crippen LogP contribution >= 0.6 is 23.2 Å². The summed E-state index contributed by atoms with van der Waals surface area (Å²) in [6.07, 6.45) is 5.16. The predicted octanol–water partition coefficient (Wildman–Crippen LogP) is 6.32. The lowest BCUT2D eigenvalue weighted by Crippen LogP contribution is -2.12. The molecule has 0 spiro atoms. The zero-order chi connectivity index (χ0) is 22.5. The van der Waals surface area contributed by atoms with Crippen molar-refractivity contribution in [2.75, 3.05) is 10.6 Å². The standard InChI is InChI=1S/C24H19Cl2N5O/c1-15-4-9-19(29-23(32)17-7-5-16(6-8-17)22(25)26)13-21(15)31-24-28-12-10-20(30-24)18-3-2-11-27-14-18/h2-14,22H,1H3,(H,29,32)(H,28,30,31). The number of hydrogen-bond donors (Lipinski definition) is 2. The van der Waals surface area contributed by atoms with Crippen LogP contribution in [-0.4, -0.2) is 20.9 Å². The van der Waals surface area contributed by atoms with Gasteiger partial charge in [0.1, 0.15) is 4.84 Å². The van der Waals surface area contributed by atoms with Crippen LogP contribution in [-0.2, 0) is 0 Å². The van der Waals surface area contributed by atoms with Gasteiger partial charge in [-0.1, -0.05) is 18.2 Å². The van der Waals surface area contributed by atoms with Crippen LogP contribution in [0.4, 0.5) is 17.3 Å². The van der Waals surface area contributed by atoms with Crippen LogP contribution in [0.3, 0.4) is 0 Å². The second-order valence-electron chi connectivity index (χ2n) is 7.04. The Kier molecular flexibility index (Phi) is 6.63. The van der Waals surface area contributed by atoms with Crippen LogP contribution in [0.15, 0.2) is 79.3 Å². The number of carbonyl (C=O) groups excluding carboxylic acids is 1. The number of hydrogen-bond acceptors (Lipinski definition) is 5. The van der Waals surface area contributed by atoms with E-state index in [1.807, 2.05) is 43.3 Å². The Bertz CT molecular complexity index is 1230. The van der Waals surface area contributed by atoms with Gasteiger partial charge in [-0.2, -0.15) is 0 Å². The normalized spacial score (nSPS) is 10.8. The molecule has 0 aliphatic heterocycles. The van der Waals surface area contributed by atoms with E-state index in [0.717, 1.165) is 28.1 Å². The van der Waals surface area contributed by atoms with Crippen molar-refractivity contribution < 1.29 is 4.79 Å². The summed E-state index contributed by atoms with van der Waals surface area (Å²) in [6.45, 7) is 1.96. The van der Waals surface area contributed by atoms with E-state index in [4.69, 9.17) is 23.2 Å². The van der Waals surface area contributed by atoms with E-state index in [1.165, 1.54) is 0 Å². The molecule has 160 valence electrons. The van der Waals surface area contributed by atoms with E-state index < -0.39 is 4.84 Å². The van der Waals surface area contributed by atoms with Gasteiger partial charge in [0.2, 0.25) is 5.95 Å². The van der Waals surface area contributed by atoms with Crippen LogP contribution in [0.25, 0.3) is 11.3 Å². The first-order valence-electron chi connectivity index (χ1n) is 9.80. The molecule has 8 heteroatoms. The molecule has 4 rings (SSSR count). The number of rotatable bonds is 6. The fourth-order valence-corrected chi connectivity index (χ4v) is 3.32. The number of nitrogens with one attached hydrogen (secondary N) is 2. The zero-order valence-electron chi connectivity index (χ0n) is 17.1. The lowest BCUT2D eigenvalue weighted by Gasteiger charge is -2.12. The van der Waals surface area contributed by atoms with E-state index in [-0.39, 0.29) is 5.91 Å². The van der Waals surface area contributed by atoms with E-state index in [9.17, 15) is 4.79 Å². The Morgan fingerprint density at radius 3 is 2.53 bits per heavy atom. The topological polar surface area (TPSA) is 79.8 Å². The predicted molar refractivity (Wildman–Crippen MR) is 129 cm³/mol. The third-order valence-electron chi connectivity index (χ3n) is 4.78. The fraction of sp³-hybridized carbons (Fsp3) is 0.0833. The number of carbonyl (C=O) groups is 1. The summed E-state index contributed by atoms with van der Waals surface area (Å²) in [4.78, 5) is 25.0. The Labute approximate surface area is 195 Å². The molecule has 0 unspecified atom stereocenters. The summed E-state index contributed by atoms with van der Waals surface area (Å²) in [5.41, 5.74) is 5.31. The maximum atomic E-state index is 12.6. The Morgan fingerprint density at radius 2 is 1.81 bits per heavy atom. The minimum Gasteiger partial charge on any atom is -0.324 e. The highest BCUT2D eigenvalue weighted by atomic mass is 35.5. The molecule has 2 aromatic heterocycles. The molecule has 32 heavy (non-hydrogen) atoms. The Balaban J connectivity index is 1.51. The number of aromatic nitrogens is 3. The first-order valence-corrected chi connectivity index (χ1v) is 10.7. The molecule has 0 saturated carbocycles. The van der Waals surface area contributed by atoms with Crippen LogP contribution in [0.2, 0.25) is 0 Å². The summed E-state index contributed by atoms with van der Waals surface area (Å²) in [5.74, 6) is 0.215. The van der Waals surface area contributed by atoms with Crippen molar-refractivity contribution in [3.8, 4) is 11.3 Å². The number of pyridine rings is 1. The second-order valence-corrected chi connectivity index (χ2v) is 8.13. The molecule has 4 aromatic rings. The van der Waals surface area contributed by atoms with Gasteiger partial charge in [-0.15, -0.1) is 23.2 Å². The van der Waals surface area contributed by atoms with Crippen molar-refractivity contribution in [3.63, 3.8) is 0 Å². The Hall–Kier alpha value is -3.48. The minimum absolute atomic E-state index is 0.234. The van der Waals surface area contributed by atoms with Gasteiger partial charge in [0.15, 0.2) is 0 Å². The molecule has 6 nitrogen and oxygen atoms in total. The van der Waals surface area contributed by atoms with Gasteiger partial charge in [0, 0.05) is 41.1 Å². The van der Waals surface area contributed by atoms with Gasteiger partial charge in [0.05, 0.1) is 5.69 Å². The summed E-state index contributed by atoms with van der Waals surface area (Å²) < 4.78 is 0. The largest absolute Gasteiger partial charge is 0.324 e. The van der Waals surface area contributed by atoms with Crippen LogP contribution < -0.4 is 10.6 Å². The van der Waals surface area contributed by atoms with Crippen molar-refractivity contribution in [2.45, 2.75) is 11.8 Å². The van der Waals surface area contributed by atoms with E-state index in [1.54, 1.807) is 42.9 Å². The molecule has 2 aromatic carbocycles. The lowest BCUT2D eigenvalue weighted by atomic mass is 10.1. The van der Waals surface area contributed by atoms with Crippen molar-refractivity contribution in [3.05, 3.63) is 95.9 Å². The van der Waals surface area contributed by atoms with Gasteiger partial charge in [-0.3, -0.25) is 9.78 Å². The number of benzene rings is 2. The molecular weight excluding hydrogens is 445 g/mol. The maximum Gasteiger partial charge on any atom is 0.255 e. The number of nitrogens with zero attached hydrogens (tertiary/aromatic N) is 3. The summed E-state index contributed by atoms with van der Waals surface area (Å²) in [7, 11) is 0. The number of anilines is 3. The molecule has 1 amide bonds. The number of halogens is 2. The molecule has 2 heterocycles. The molecule has 0 bridgehead atoms. The van der Waals surface area contributed by atoms with Crippen LogP contribution in [0.1, 0.15) is 26.3 Å². The molecule has 0 saturated heterocycles. The summed E-state index contributed by atoms with van der Waals surface area (Å²) in [5, 5.41) is 6.14. The monoisotopic (exact) mass is 463 g/mol. The average Bonchev–Trinajstić information content (AvgIpc) is 2.82. The van der Waals surface area contributed by atoms with Crippen LogP contribution in [0.5, 0.6) is 0 Å². The molecular formula is C24H19Cl2N5O.